The molecule has 140 valence electrons. The average Bonchev–Trinajstić information content (AvgIpc) is 2.52. The molecule has 0 heterocycles. The predicted octanol–water partition coefficient (Wildman–Crippen LogP) is 5.06. The van der Waals surface area contributed by atoms with Crippen LogP contribution >= 0.6 is 11.6 Å². The van der Waals surface area contributed by atoms with Crippen molar-refractivity contribution < 1.29 is 14.3 Å². The van der Waals surface area contributed by atoms with E-state index in [1.54, 1.807) is 18.2 Å². The van der Waals surface area contributed by atoms with Gasteiger partial charge in [-0.1, -0.05) is 25.4 Å². The molecule has 0 radical (unpaired) electrons. The van der Waals surface area contributed by atoms with Crippen molar-refractivity contribution in [2.75, 3.05) is 12.4 Å². The predicted molar refractivity (Wildman–Crippen MR) is 101 cm³/mol. The van der Waals surface area contributed by atoms with Crippen LogP contribution in [0.2, 0.25) is 5.02 Å². The van der Waals surface area contributed by atoms with E-state index in [1.165, 1.54) is 26.4 Å². The first-order chi connectivity index (χ1) is 12.2. The molecule has 4 nitrogen and oxygen atoms in total. The van der Waals surface area contributed by atoms with Crippen LogP contribution in [0.5, 0.6) is 0 Å². The van der Waals surface area contributed by atoms with E-state index >= 15 is 0 Å². The minimum Gasteiger partial charge on any atom is -0.465 e. The van der Waals surface area contributed by atoms with Crippen molar-refractivity contribution in [1.82, 2.24) is 0 Å². The first-order valence-corrected chi connectivity index (χ1v) is 9.73. The molecule has 5 heteroatoms. The minimum atomic E-state index is -0.438. The highest BCUT2D eigenvalue weighted by molar-refractivity contribution is 6.34. The summed E-state index contributed by atoms with van der Waals surface area (Å²) in [5, 5.41) is 3.48. The largest absolute Gasteiger partial charge is 0.465 e. The van der Waals surface area contributed by atoms with Gasteiger partial charge in [-0.3, -0.25) is 4.79 Å². The number of nitrogens with one attached hydrogen (secondary N) is 1. The number of carbonyl (C=O) groups excluding carboxylic acids is 2. The number of anilines is 1. The Labute approximate surface area is 159 Å². The molecule has 0 unspecified atom stereocenters. The standard InChI is InChI=1S/C21H26ClNO3/c1-19-7-13-8-20(2,10-19)12-21(9-13,11-19)18(25)23-16-6-14(17(24)26-3)4-5-15(16)22/h4-6,13H,7-12H2,1-3H3,(H,23,25)/t13?,19-,20-,21?/m1/s1. The smallest absolute Gasteiger partial charge is 0.337 e. The lowest BCUT2D eigenvalue weighted by atomic mass is 9.40. The summed E-state index contributed by atoms with van der Waals surface area (Å²) in [6.07, 6.45) is 6.59. The number of methoxy groups -OCH3 is 1. The van der Waals surface area contributed by atoms with Crippen LogP contribution in [0.4, 0.5) is 5.69 Å². The lowest BCUT2D eigenvalue weighted by molar-refractivity contribution is -0.165. The van der Waals surface area contributed by atoms with Crippen molar-refractivity contribution in [3.8, 4) is 0 Å². The molecule has 0 spiro atoms. The van der Waals surface area contributed by atoms with Gasteiger partial charge in [-0.2, -0.15) is 0 Å². The molecule has 26 heavy (non-hydrogen) atoms. The van der Waals surface area contributed by atoms with E-state index in [1.807, 2.05) is 0 Å². The second kappa shape index (κ2) is 5.72. The van der Waals surface area contributed by atoms with Gasteiger partial charge in [-0.05, 0) is 73.5 Å². The van der Waals surface area contributed by atoms with Crippen LogP contribution in [0.1, 0.15) is 62.7 Å². The van der Waals surface area contributed by atoms with Crippen molar-refractivity contribution in [1.29, 1.82) is 0 Å². The van der Waals surface area contributed by atoms with Gasteiger partial charge in [0, 0.05) is 0 Å². The first kappa shape index (κ1) is 17.8. The fraction of sp³-hybridized carbons (Fsp3) is 0.619. The molecular formula is C21H26ClNO3. The van der Waals surface area contributed by atoms with Crippen LogP contribution in [0.3, 0.4) is 0 Å². The molecule has 4 bridgehead atoms. The number of carbonyl (C=O) groups is 2. The third kappa shape index (κ3) is 2.83. The van der Waals surface area contributed by atoms with E-state index < -0.39 is 5.97 Å². The third-order valence-corrected chi connectivity index (χ3v) is 7.07. The quantitative estimate of drug-likeness (QED) is 0.751. The highest BCUT2D eigenvalue weighted by Gasteiger charge is 2.62. The summed E-state index contributed by atoms with van der Waals surface area (Å²) in [6, 6.07) is 4.85. The summed E-state index contributed by atoms with van der Waals surface area (Å²) in [5.74, 6) is 0.263. The van der Waals surface area contributed by atoms with E-state index in [2.05, 4.69) is 19.2 Å². The molecule has 5 rings (SSSR count). The molecule has 1 N–H and O–H groups in total. The Kier molecular flexibility index (Phi) is 3.93. The molecule has 1 aromatic carbocycles. The van der Waals surface area contributed by atoms with E-state index in [4.69, 9.17) is 16.3 Å². The molecule has 0 aromatic heterocycles. The number of hydrogen-bond donors (Lipinski definition) is 1. The Morgan fingerprint density at radius 1 is 1.12 bits per heavy atom. The highest BCUT2D eigenvalue weighted by Crippen LogP contribution is 2.69. The Bertz CT molecular complexity index is 771. The Hall–Kier alpha value is -1.55. The third-order valence-electron chi connectivity index (χ3n) is 6.74. The van der Waals surface area contributed by atoms with E-state index in [0.717, 1.165) is 19.3 Å². The van der Waals surface area contributed by atoms with Gasteiger partial charge in [-0.15, -0.1) is 0 Å². The molecule has 1 aromatic rings. The molecule has 2 atom stereocenters. The Morgan fingerprint density at radius 3 is 2.35 bits per heavy atom. The van der Waals surface area contributed by atoms with Gasteiger partial charge in [-0.25, -0.2) is 4.79 Å². The summed E-state index contributed by atoms with van der Waals surface area (Å²) in [4.78, 5) is 25.2. The van der Waals surface area contributed by atoms with Crippen LogP contribution in [0.25, 0.3) is 0 Å². The van der Waals surface area contributed by atoms with Crippen molar-refractivity contribution in [3.63, 3.8) is 0 Å². The van der Waals surface area contributed by atoms with Gasteiger partial charge in [0.15, 0.2) is 0 Å². The van der Waals surface area contributed by atoms with Crippen molar-refractivity contribution >= 4 is 29.2 Å². The molecule has 1 amide bonds. The molecule has 4 fully saturated rings. The number of benzene rings is 1. The van der Waals surface area contributed by atoms with Gasteiger partial charge in [0.25, 0.3) is 0 Å². The molecular weight excluding hydrogens is 350 g/mol. The highest BCUT2D eigenvalue weighted by atomic mass is 35.5. The van der Waals surface area contributed by atoms with Crippen molar-refractivity contribution in [2.24, 2.45) is 22.2 Å². The fourth-order valence-corrected chi connectivity index (χ4v) is 6.99. The minimum absolute atomic E-state index is 0.0583. The number of rotatable bonds is 3. The molecule has 4 saturated carbocycles. The monoisotopic (exact) mass is 375 g/mol. The van der Waals surface area contributed by atoms with Crippen molar-refractivity contribution in [2.45, 2.75) is 52.4 Å². The number of hydrogen-bond acceptors (Lipinski definition) is 3. The maximum atomic E-state index is 13.4. The van der Waals surface area contributed by atoms with E-state index in [9.17, 15) is 9.59 Å². The Balaban J connectivity index is 1.62. The second-order valence-corrected chi connectivity index (χ2v) is 9.96. The van der Waals surface area contributed by atoms with Crippen LogP contribution in [0.15, 0.2) is 18.2 Å². The van der Waals surface area contributed by atoms with Gasteiger partial charge in [0.2, 0.25) is 5.91 Å². The summed E-state index contributed by atoms with van der Waals surface area (Å²) in [6.45, 7) is 4.70. The zero-order valence-electron chi connectivity index (χ0n) is 15.7. The second-order valence-electron chi connectivity index (χ2n) is 9.55. The number of esters is 1. The average molecular weight is 376 g/mol. The van der Waals surface area contributed by atoms with Gasteiger partial charge < -0.3 is 10.1 Å². The summed E-state index contributed by atoms with van der Waals surface area (Å²) >= 11 is 6.28. The van der Waals surface area contributed by atoms with Crippen LogP contribution in [-0.2, 0) is 9.53 Å². The van der Waals surface area contributed by atoms with Crippen LogP contribution < -0.4 is 5.32 Å². The zero-order valence-corrected chi connectivity index (χ0v) is 16.4. The molecule has 0 aliphatic heterocycles. The summed E-state index contributed by atoms with van der Waals surface area (Å²) in [5.41, 5.74) is 1.10. The topological polar surface area (TPSA) is 55.4 Å². The molecule has 4 aliphatic rings. The van der Waals surface area contributed by atoms with Crippen LogP contribution in [0, 0.1) is 22.2 Å². The van der Waals surface area contributed by atoms with Crippen molar-refractivity contribution in [3.05, 3.63) is 28.8 Å². The lowest BCUT2D eigenvalue weighted by Gasteiger charge is -2.64. The lowest BCUT2D eigenvalue weighted by Crippen LogP contribution is -2.58. The summed E-state index contributed by atoms with van der Waals surface area (Å²) in [7, 11) is 1.34. The SMILES string of the molecule is COC(=O)c1ccc(Cl)c(NC(=O)C23CC4C[C@@](C)(C2)C[C@@](C)(C4)C3)c1. The zero-order chi connectivity index (χ0) is 18.7. The van der Waals surface area contributed by atoms with Crippen LogP contribution in [-0.4, -0.2) is 19.0 Å². The number of halogens is 1. The molecule has 4 aliphatic carbocycles. The first-order valence-electron chi connectivity index (χ1n) is 9.35. The van der Waals surface area contributed by atoms with E-state index in [0.29, 0.717) is 22.2 Å². The number of amides is 1. The van der Waals surface area contributed by atoms with Gasteiger partial charge in [0.1, 0.15) is 0 Å². The van der Waals surface area contributed by atoms with E-state index in [-0.39, 0.29) is 22.2 Å². The molecule has 0 saturated heterocycles. The Morgan fingerprint density at radius 2 is 1.77 bits per heavy atom. The normalized spacial score (nSPS) is 37.5. The van der Waals surface area contributed by atoms with Gasteiger partial charge in [0.05, 0.1) is 28.8 Å². The maximum absolute atomic E-state index is 13.4. The van der Waals surface area contributed by atoms with Gasteiger partial charge >= 0.3 is 5.97 Å². The maximum Gasteiger partial charge on any atom is 0.337 e. The summed E-state index contributed by atoms with van der Waals surface area (Å²) < 4.78 is 4.77. The number of ether oxygens (including phenoxy) is 1. The fourth-order valence-electron chi connectivity index (χ4n) is 6.82.